The molecule has 1 fully saturated rings. The molecule has 3 N–H and O–H groups in total. The van der Waals surface area contributed by atoms with E-state index in [1.54, 1.807) is 55.8 Å². The summed E-state index contributed by atoms with van der Waals surface area (Å²) >= 11 is 0. The zero-order valence-corrected chi connectivity index (χ0v) is 14.6. The second-order valence-electron chi connectivity index (χ2n) is 6.15. The van der Waals surface area contributed by atoms with Crippen LogP contribution in [-0.2, 0) is 9.53 Å². The molecule has 1 aliphatic heterocycles. The zero-order chi connectivity index (χ0) is 18.4. The summed E-state index contributed by atoms with van der Waals surface area (Å²) in [6.07, 6.45) is 2.82. The van der Waals surface area contributed by atoms with Gasteiger partial charge in [0.05, 0.1) is 0 Å². The van der Waals surface area contributed by atoms with E-state index in [9.17, 15) is 9.59 Å². The smallest absolute Gasteiger partial charge is 0.256 e. The predicted molar refractivity (Wildman–Crippen MR) is 99.1 cm³/mol. The molecule has 0 atom stereocenters. The molecule has 1 aliphatic rings. The minimum atomic E-state index is -0.836. The molecule has 7 heteroatoms. The van der Waals surface area contributed by atoms with Gasteiger partial charge in [0.1, 0.15) is 11.4 Å². The molecular formula is C19H22N4O3. The topological polar surface area (TPSA) is 92.3 Å². The van der Waals surface area contributed by atoms with Crippen molar-refractivity contribution in [3.05, 3.63) is 54.2 Å². The molecule has 2 heterocycles. The maximum Gasteiger partial charge on any atom is 0.256 e. The van der Waals surface area contributed by atoms with E-state index >= 15 is 0 Å². The number of hydrogen-bond acceptors (Lipinski definition) is 5. The number of anilines is 2. The first-order valence-electron chi connectivity index (χ1n) is 8.53. The van der Waals surface area contributed by atoms with E-state index in [0.717, 1.165) is 13.1 Å². The van der Waals surface area contributed by atoms with Crippen LogP contribution in [0.5, 0.6) is 0 Å². The van der Waals surface area contributed by atoms with Crippen LogP contribution in [0.4, 0.5) is 11.5 Å². The minimum Gasteiger partial charge on any atom is -0.368 e. The van der Waals surface area contributed by atoms with E-state index in [2.05, 4.69) is 20.9 Å². The van der Waals surface area contributed by atoms with Gasteiger partial charge in [0.15, 0.2) is 0 Å². The van der Waals surface area contributed by atoms with E-state index in [1.165, 1.54) is 0 Å². The van der Waals surface area contributed by atoms with Gasteiger partial charge in [-0.1, -0.05) is 12.1 Å². The number of methoxy groups -OCH3 is 1. The number of pyridine rings is 1. The van der Waals surface area contributed by atoms with Gasteiger partial charge in [-0.05, 0) is 56.3 Å². The summed E-state index contributed by atoms with van der Waals surface area (Å²) in [7, 11) is 1.56. The molecular weight excluding hydrogens is 332 g/mol. The number of carbonyl (C=O) groups excluding carboxylic acids is 2. The Balaban J connectivity index is 1.70. The van der Waals surface area contributed by atoms with E-state index < -0.39 is 5.60 Å². The van der Waals surface area contributed by atoms with Crippen molar-refractivity contribution in [1.29, 1.82) is 0 Å². The molecule has 2 amide bonds. The van der Waals surface area contributed by atoms with Crippen molar-refractivity contribution in [2.75, 3.05) is 30.8 Å². The lowest BCUT2D eigenvalue weighted by atomic mass is 9.91. The Morgan fingerprint density at radius 2 is 1.92 bits per heavy atom. The quantitative estimate of drug-likeness (QED) is 0.764. The first kappa shape index (κ1) is 18.0. The molecule has 0 bridgehead atoms. The van der Waals surface area contributed by atoms with Crippen LogP contribution in [0.25, 0.3) is 0 Å². The number of nitrogens with zero attached hydrogens (tertiary/aromatic N) is 1. The minimum absolute atomic E-state index is 0.191. The van der Waals surface area contributed by atoms with Crippen LogP contribution in [0, 0.1) is 0 Å². The molecule has 136 valence electrons. The van der Waals surface area contributed by atoms with Gasteiger partial charge in [-0.25, -0.2) is 4.98 Å². The van der Waals surface area contributed by atoms with E-state index in [4.69, 9.17) is 4.74 Å². The second kappa shape index (κ2) is 8.07. The normalized spacial score (nSPS) is 15.9. The Hall–Kier alpha value is -2.77. The van der Waals surface area contributed by atoms with Crippen molar-refractivity contribution in [2.45, 2.75) is 18.4 Å². The molecule has 1 aromatic heterocycles. The summed E-state index contributed by atoms with van der Waals surface area (Å²) < 4.78 is 5.53. The third-order valence-corrected chi connectivity index (χ3v) is 4.50. The van der Waals surface area contributed by atoms with E-state index in [0.29, 0.717) is 29.9 Å². The highest BCUT2D eigenvalue weighted by Crippen LogP contribution is 2.25. The number of rotatable bonds is 5. The van der Waals surface area contributed by atoms with Crippen LogP contribution in [0.15, 0.2) is 48.7 Å². The summed E-state index contributed by atoms with van der Waals surface area (Å²) in [5.41, 5.74) is 0.154. The van der Waals surface area contributed by atoms with Gasteiger partial charge >= 0.3 is 0 Å². The monoisotopic (exact) mass is 354 g/mol. The number of amides is 2. The Labute approximate surface area is 152 Å². The van der Waals surface area contributed by atoms with Crippen molar-refractivity contribution in [3.8, 4) is 0 Å². The Morgan fingerprint density at radius 1 is 1.12 bits per heavy atom. The van der Waals surface area contributed by atoms with Crippen molar-refractivity contribution in [1.82, 2.24) is 10.3 Å². The number of carbonyl (C=O) groups is 2. The van der Waals surface area contributed by atoms with Gasteiger partial charge < -0.3 is 20.7 Å². The Morgan fingerprint density at radius 3 is 2.62 bits per heavy atom. The predicted octanol–water partition coefficient (Wildman–Crippen LogP) is 2.04. The fourth-order valence-electron chi connectivity index (χ4n) is 2.96. The molecule has 7 nitrogen and oxygen atoms in total. The molecule has 0 aliphatic carbocycles. The van der Waals surface area contributed by atoms with Gasteiger partial charge in [0.25, 0.3) is 11.8 Å². The third kappa shape index (κ3) is 4.07. The summed E-state index contributed by atoms with van der Waals surface area (Å²) in [6.45, 7) is 1.46. The standard InChI is InChI=1S/C19H22N4O3/c1-26-19(8-11-20-12-9-19)18(25)22-15-6-4-5-14(13-15)17(24)23-16-7-2-3-10-21-16/h2-7,10,13,20H,8-9,11-12H2,1H3,(H,22,25)(H,21,23,24). The lowest BCUT2D eigenvalue weighted by Gasteiger charge is -2.34. The number of piperidine rings is 1. The molecule has 0 spiro atoms. The molecule has 0 saturated carbocycles. The lowest BCUT2D eigenvalue weighted by Crippen LogP contribution is -2.51. The van der Waals surface area contributed by atoms with Gasteiger partial charge in [-0.15, -0.1) is 0 Å². The highest BCUT2D eigenvalue weighted by atomic mass is 16.5. The first-order chi connectivity index (χ1) is 12.6. The molecule has 0 unspecified atom stereocenters. The third-order valence-electron chi connectivity index (χ3n) is 4.50. The van der Waals surface area contributed by atoms with Crippen molar-refractivity contribution >= 4 is 23.3 Å². The lowest BCUT2D eigenvalue weighted by molar-refractivity contribution is -0.140. The average molecular weight is 354 g/mol. The van der Waals surface area contributed by atoms with Crippen LogP contribution >= 0.6 is 0 Å². The number of aromatic nitrogens is 1. The largest absolute Gasteiger partial charge is 0.368 e. The summed E-state index contributed by atoms with van der Waals surface area (Å²) in [5, 5.41) is 8.82. The van der Waals surface area contributed by atoms with Crippen LogP contribution in [-0.4, -0.2) is 42.6 Å². The number of ether oxygens (including phenoxy) is 1. The number of nitrogens with one attached hydrogen (secondary N) is 3. The van der Waals surface area contributed by atoms with Crippen LogP contribution in [0.3, 0.4) is 0 Å². The summed E-state index contributed by atoms with van der Waals surface area (Å²) in [6, 6.07) is 12.1. The molecule has 0 radical (unpaired) electrons. The van der Waals surface area contributed by atoms with Gasteiger partial charge in [-0.2, -0.15) is 0 Å². The van der Waals surface area contributed by atoms with Crippen molar-refractivity contribution in [2.24, 2.45) is 0 Å². The molecule has 1 saturated heterocycles. The van der Waals surface area contributed by atoms with Gasteiger partial charge in [0.2, 0.25) is 0 Å². The van der Waals surface area contributed by atoms with E-state index in [-0.39, 0.29) is 11.8 Å². The average Bonchev–Trinajstić information content (AvgIpc) is 2.69. The SMILES string of the molecule is COC1(C(=O)Nc2cccc(C(=O)Nc3ccccn3)c2)CCNCC1. The fourth-order valence-corrected chi connectivity index (χ4v) is 2.96. The molecule has 26 heavy (non-hydrogen) atoms. The summed E-state index contributed by atoms with van der Waals surface area (Å²) in [5.74, 6) is -0.00751. The molecule has 3 rings (SSSR count). The number of hydrogen-bond donors (Lipinski definition) is 3. The molecule has 2 aromatic rings. The van der Waals surface area contributed by atoms with Crippen LogP contribution in [0.1, 0.15) is 23.2 Å². The summed E-state index contributed by atoms with van der Waals surface area (Å²) in [4.78, 5) is 29.2. The number of benzene rings is 1. The Kier molecular flexibility index (Phi) is 5.60. The van der Waals surface area contributed by atoms with Gasteiger partial charge in [0, 0.05) is 24.6 Å². The maximum absolute atomic E-state index is 12.7. The van der Waals surface area contributed by atoms with Crippen LogP contribution in [0.2, 0.25) is 0 Å². The highest BCUT2D eigenvalue weighted by molar-refractivity contribution is 6.05. The first-order valence-corrected chi connectivity index (χ1v) is 8.53. The fraction of sp³-hybridized carbons (Fsp3) is 0.316. The van der Waals surface area contributed by atoms with Crippen molar-refractivity contribution < 1.29 is 14.3 Å². The molecule has 1 aromatic carbocycles. The zero-order valence-electron chi connectivity index (χ0n) is 14.6. The van der Waals surface area contributed by atoms with E-state index in [1.807, 2.05) is 0 Å². The van der Waals surface area contributed by atoms with Crippen molar-refractivity contribution in [3.63, 3.8) is 0 Å². The second-order valence-corrected chi connectivity index (χ2v) is 6.15. The van der Waals surface area contributed by atoms with Crippen LogP contribution < -0.4 is 16.0 Å². The van der Waals surface area contributed by atoms with Gasteiger partial charge in [-0.3, -0.25) is 9.59 Å². The Bertz CT molecular complexity index is 773. The maximum atomic E-state index is 12.7. The highest BCUT2D eigenvalue weighted by Gasteiger charge is 2.39.